The molecule has 4 heteroatoms. The maximum atomic E-state index is 5.90. The summed E-state index contributed by atoms with van der Waals surface area (Å²) in [6.07, 6.45) is 0.946. The predicted octanol–water partition coefficient (Wildman–Crippen LogP) is 2.22. The Morgan fingerprint density at radius 2 is 2.12 bits per heavy atom. The van der Waals surface area contributed by atoms with E-state index in [-0.39, 0.29) is 0 Å². The van der Waals surface area contributed by atoms with Crippen LogP contribution in [0.3, 0.4) is 0 Å². The number of hydrogen-bond donors (Lipinski definition) is 0. The molecule has 0 spiro atoms. The quantitative estimate of drug-likeness (QED) is 0.758. The van der Waals surface area contributed by atoms with E-state index in [1.165, 1.54) is 0 Å². The third-order valence-corrected chi connectivity index (χ3v) is 3.08. The first-order valence-electron chi connectivity index (χ1n) is 5.72. The molecule has 0 unspecified atom stereocenters. The van der Waals surface area contributed by atoms with Crippen molar-refractivity contribution in [3.8, 4) is 0 Å². The van der Waals surface area contributed by atoms with Gasteiger partial charge in [-0.1, -0.05) is 6.92 Å². The lowest BCUT2D eigenvalue weighted by Crippen LogP contribution is -2.36. The summed E-state index contributed by atoms with van der Waals surface area (Å²) in [5, 5.41) is 0. The Morgan fingerprint density at radius 3 is 2.75 bits per heavy atom. The van der Waals surface area contributed by atoms with E-state index in [0.717, 1.165) is 49.8 Å². The molecule has 88 valence electrons. The van der Waals surface area contributed by atoms with Gasteiger partial charge in [0.1, 0.15) is 5.82 Å². The lowest BCUT2D eigenvalue weighted by atomic mass is 10.2. The van der Waals surface area contributed by atoms with Crippen LogP contribution in [0.1, 0.15) is 18.2 Å². The number of ether oxygens (including phenoxy) is 1. The number of halogens is 1. The van der Waals surface area contributed by atoms with Crippen LogP contribution in [0.15, 0.2) is 12.1 Å². The van der Waals surface area contributed by atoms with Crippen molar-refractivity contribution in [1.82, 2.24) is 4.98 Å². The van der Waals surface area contributed by atoms with Crippen LogP contribution in [-0.4, -0.2) is 31.3 Å². The van der Waals surface area contributed by atoms with Crippen LogP contribution in [0, 0.1) is 0 Å². The molecule has 0 amide bonds. The molecule has 0 atom stereocenters. The molecule has 0 saturated carbocycles. The van der Waals surface area contributed by atoms with Crippen molar-refractivity contribution in [2.24, 2.45) is 0 Å². The Morgan fingerprint density at radius 1 is 1.38 bits per heavy atom. The van der Waals surface area contributed by atoms with E-state index in [4.69, 9.17) is 16.3 Å². The van der Waals surface area contributed by atoms with Crippen LogP contribution in [-0.2, 0) is 17.0 Å². The van der Waals surface area contributed by atoms with Crippen LogP contribution in [0.5, 0.6) is 0 Å². The Balaban J connectivity index is 2.24. The van der Waals surface area contributed by atoms with Crippen molar-refractivity contribution >= 4 is 17.4 Å². The minimum absolute atomic E-state index is 0.548. The van der Waals surface area contributed by atoms with E-state index < -0.39 is 0 Å². The SMILES string of the molecule is CCc1cc(CCl)cc(N2CCOCC2)n1. The Kier molecular flexibility index (Phi) is 4.02. The first kappa shape index (κ1) is 11.7. The summed E-state index contributed by atoms with van der Waals surface area (Å²) in [7, 11) is 0. The average molecular weight is 241 g/mol. The number of alkyl halides is 1. The summed E-state index contributed by atoms with van der Waals surface area (Å²) >= 11 is 5.90. The molecule has 1 aliphatic rings. The van der Waals surface area contributed by atoms with E-state index >= 15 is 0 Å². The minimum Gasteiger partial charge on any atom is -0.378 e. The number of hydrogen-bond acceptors (Lipinski definition) is 3. The molecular formula is C12H17ClN2O. The van der Waals surface area contributed by atoms with E-state index in [1.807, 2.05) is 0 Å². The molecule has 1 saturated heterocycles. The fourth-order valence-corrected chi connectivity index (χ4v) is 2.00. The van der Waals surface area contributed by atoms with E-state index in [9.17, 15) is 0 Å². The Bertz CT molecular complexity index is 329. The molecule has 1 aliphatic heterocycles. The van der Waals surface area contributed by atoms with Crippen LogP contribution >= 0.6 is 11.6 Å². The molecule has 0 aliphatic carbocycles. The van der Waals surface area contributed by atoms with Crippen molar-refractivity contribution in [2.75, 3.05) is 31.2 Å². The van der Waals surface area contributed by atoms with Gasteiger partial charge in [-0.2, -0.15) is 0 Å². The summed E-state index contributed by atoms with van der Waals surface area (Å²) in [6.45, 7) is 5.52. The fourth-order valence-electron chi connectivity index (χ4n) is 1.85. The Hall–Kier alpha value is -0.800. The molecule has 0 aromatic carbocycles. The van der Waals surface area contributed by atoms with Gasteiger partial charge in [0.05, 0.1) is 13.2 Å². The molecule has 1 fully saturated rings. The second kappa shape index (κ2) is 5.51. The number of morpholine rings is 1. The normalized spacial score (nSPS) is 16.5. The van der Waals surface area contributed by atoms with E-state index in [0.29, 0.717) is 5.88 Å². The second-order valence-corrected chi connectivity index (χ2v) is 4.18. The molecule has 3 nitrogen and oxygen atoms in total. The van der Waals surface area contributed by atoms with Crippen LogP contribution in [0.25, 0.3) is 0 Å². The highest BCUT2D eigenvalue weighted by Crippen LogP contribution is 2.18. The molecule has 2 rings (SSSR count). The number of anilines is 1. The third kappa shape index (κ3) is 2.66. The second-order valence-electron chi connectivity index (χ2n) is 3.91. The summed E-state index contributed by atoms with van der Waals surface area (Å²) in [5.41, 5.74) is 2.26. The van der Waals surface area contributed by atoms with E-state index in [2.05, 4.69) is 28.9 Å². The van der Waals surface area contributed by atoms with Gasteiger partial charge in [-0.05, 0) is 24.1 Å². The number of nitrogens with zero attached hydrogens (tertiary/aromatic N) is 2. The lowest BCUT2D eigenvalue weighted by Gasteiger charge is -2.28. The van der Waals surface area contributed by atoms with Gasteiger partial charge in [-0.3, -0.25) is 0 Å². The highest BCUT2D eigenvalue weighted by atomic mass is 35.5. The highest BCUT2D eigenvalue weighted by Gasteiger charge is 2.13. The lowest BCUT2D eigenvalue weighted by molar-refractivity contribution is 0.122. The first-order chi connectivity index (χ1) is 7.83. The summed E-state index contributed by atoms with van der Waals surface area (Å²) in [5.74, 6) is 1.59. The number of aromatic nitrogens is 1. The van der Waals surface area contributed by atoms with Crippen molar-refractivity contribution in [3.63, 3.8) is 0 Å². The molecule has 16 heavy (non-hydrogen) atoms. The van der Waals surface area contributed by atoms with Crippen molar-refractivity contribution < 1.29 is 4.74 Å². The van der Waals surface area contributed by atoms with Gasteiger partial charge >= 0.3 is 0 Å². The monoisotopic (exact) mass is 240 g/mol. The average Bonchev–Trinajstić information content (AvgIpc) is 2.39. The zero-order chi connectivity index (χ0) is 11.4. The zero-order valence-corrected chi connectivity index (χ0v) is 10.3. The van der Waals surface area contributed by atoms with Gasteiger partial charge in [0.25, 0.3) is 0 Å². The predicted molar refractivity (Wildman–Crippen MR) is 66.2 cm³/mol. The van der Waals surface area contributed by atoms with Gasteiger partial charge < -0.3 is 9.64 Å². The van der Waals surface area contributed by atoms with E-state index in [1.54, 1.807) is 0 Å². The summed E-state index contributed by atoms with van der Waals surface area (Å²) < 4.78 is 5.34. The molecule has 2 heterocycles. The summed E-state index contributed by atoms with van der Waals surface area (Å²) in [6, 6.07) is 4.16. The number of aryl methyl sites for hydroxylation is 1. The molecule has 1 aromatic heterocycles. The minimum atomic E-state index is 0.548. The van der Waals surface area contributed by atoms with Crippen molar-refractivity contribution in [1.29, 1.82) is 0 Å². The first-order valence-corrected chi connectivity index (χ1v) is 6.25. The highest BCUT2D eigenvalue weighted by molar-refractivity contribution is 6.17. The van der Waals surface area contributed by atoms with Gasteiger partial charge in [-0.25, -0.2) is 4.98 Å². The molecule has 0 radical (unpaired) electrons. The van der Waals surface area contributed by atoms with Crippen molar-refractivity contribution in [3.05, 3.63) is 23.4 Å². The Labute approximate surface area is 101 Å². The molecule has 0 bridgehead atoms. The maximum absolute atomic E-state index is 5.90. The summed E-state index contributed by atoms with van der Waals surface area (Å²) in [4.78, 5) is 6.90. The van der Waals surface area contributed by atoms with Gasteiger partial charge in [0, 0.05) is 24.7 Å². The zero-order valence-electron chi connectivity index (χ0n) is 9.58. The molecule has 1 aromatic rings. The maximum Gasteiger partial charge on any atom is 0.129 e. The van der Waals surface area contributed by atoms with Gasteiger partial charge in [-0.15, -0.1) is 11.6 Å². The van der Waals surface area contributed by atoms with Crippen molar-refractivity contribution in [2.45, 2.75) is 19.2 Å². The largest absolute Gasteiger partial charge is 0.378 e. The van der Waals surface area contributed by atoms with Gasteiger partial charge in [0.2, 0.25) is 0 Å². The standard InChI is InChI=1S/C12H17ClN2O/c1-2-11-7-10(9-13)8-12(14-11)15-3-5-16-6-4-15/h7-8H,2-6,9H2,1H3. The van der Waals surface area contributed by atoms with Crippen LogP contribution in [0.4, 0.5) is 5.82 Å². The topological polar surface area (TPSA) is 25.4 Å². The van der Waals surface area contributed by atoms with Gasteiger partial charge in [0.15, 0.2) is 0 Å². The molecular weight excluding hydrogens is 224 g/mol. The number of rotatable bonds is 3. The molecule has 0 N–H and O–H groups in total. The fraction of sp³-hybridized carbons (Fsp3) is 0.583. The number of pyridine rings is 1. The van der Waals surface area contributed by atoms with Crippen LogP contribution in [0.2, 0.25) is 0 Å². The smallest absolute Gasteiger partial charge is 0.129 e. The van der Waals surface area contributed by atoms with Crippen LogP contribution < -0.4 is 4.90 Å². The third-order valence-electron chi connectivity index (χ3n) is 2.78.